The zero-order valence-corrected chi connectivity index (χ0v) is 16.9. The standard InChI is InChI=1S/C19H18BrClN2O5/c20-10-3-1-9(2-4-10)12-5-11(23-19(21)13(12)7-22)6-14-16(25)18(27)17(26)15(8-24)28-14/h1-5,14-18,24-27H,6,8H2/t14-,15+,16-,17+,18+/m0/s1. The lowest BCUT2D eigenvalue weighted by atomic mass is 9.92. The van der Waals surface area contributed by atoms with Gasteiger partial charge in [0.05, 0.1) is 18.3 Å². The Balaban J connectivity index is 1.95. The number of rotatable bonds is 4. The average molecular weight is 470 g/mol. The van der Waals surface area contributed by atoms with Crippen LogP contribution in [0.1, 0.15) is 11.3 Å². The molecule has 5 atom stereocenters. The van der Waals surface area contributed by atoms with Crippen molar-refractivity contribution in [2.24, 2.45) is 0 Å². The lowest BCUT2D eigenvalue weighted by molar-refractivity contribution is -0.228. The number of aliphatic hydroxyl groups is 4. The second-order valence-electron chi connectivity index (χ2n) is 6.52. The Morgan fingerprint density at radius 3 is 2.36 bits per heavy atom. The normalized spacial score (nSPS) is 27.4. The maximum absolute atomic E-state index is 10.2. The van der Waals surface area contributed by atoms with Crippen LogP contribution in [0.4, 0.5) is 0 Å². The van der Waals surface area contributed by atoms with Gasteiger partial charge < -0.3 is 25.2 Å². The topological polar surface area (TPSA) is 127 Å². The smallest absolute Gasteiger partial charge is 0.147 e. The highest BCUT2D eigenvalue weighted by Crippen LogP contribution is 2.31. The van der Waals surface area contributed by atoms with Crippen molar-refractivity contribution in [3.63, 3.8) is 0 Å². The fraction of sp³-hybridized carbons (Fsp3) is 0.368. The third-order valence-electron chi connectivity index (χ3n) is 4.70. The number of hydrogen-bond donors (Lipinski definition) is 4. The van der Waals surface area contributed by atoms with E-state index in [2.05, 4.69) is 27.0 Å². The van der Waals surface area contributed by atoms with Gasteiger partial charge in [-0.2, -0.15) is 5.26 Å². The van der Waals surface area contributed by atoms with Gasteiger partial charge in [-0.25, -0.2) is 4.98 Å². The van der Waals surface area contributed by atoms with Crippen molar-refractivity contribution in [2.45, 2.75) is 36.9 Å². The Kier molecular flexibility index (Phi) is 6.68. The van der Waals surface area contributed by atoms with Gasteiger partial charge in [-0.3, -0.25) is 0 Å². The molecule has 0 spiro atoms. The molecule has 1 saturated heterocycles. The molecule has 0 saturated carbocycles. The third-order valence-corrected chi connectivity index (χ3v) is 5.50. The molecule has 2 aromatic rings. The Labute approximate surface area is 174 Å². The summed E-state index contributed by atoms with van der Waals surface area (Å²) in [4.78, 5) is 4.21. The summed E-state index contributed by atoms with van der Waals surface area (Å²) in [6, 6.07) is 11.1. The molecule has 9 heteroatoms. The third kappa shape index (κ3) is 4.21. The van der Waals surface area contributed by atoms with Crippen molar-refractivity contribution in [2.75, 3.05) is 6.61 Å². The lowest BCUT2D eigenvalue weighted by Crippen LogP contribution is -2.59. The molecule has 2 heterocycles. The molecule has 4 N–H and O–H groups in total. The Hall–Kier alpha value is -1.57. The van der Waals surface area contributed by atoms with E-state index in [1.54, 1.807) is 6.07 Å². The molecule has 148 valence electrons. The maximum Gasteiger partial charge on any atom is 0.147 e. The molecule has 28 heavy (non-hydrogen) atoms. The Morgan fingerprint density at radius 2 is 1.75 bits per heavy atom. The van der Waals surface area contributed by atoms with Crippen LogP contribution < -0.4 is 0 Å². The van der Waals surface area contributed by atoms with Gasteiger partial charge >= 0.3 is 0 Å². The molecule has 1 fully saturated rings. The van der Waals surface area contributed by atoms with Crippen LogP contribution >= 0.6 is 27.5 Å². The zero-order chi connectivity index (χ0) is 20.4. The van der Waals surface area contributed by atoms with E-state index in [1.807, 2.05) is 24.3 Å². The molecular formula is C19H18BrClN2O5. The minimum absolute atomic E-state index is 0.0162. The van der Waals surface area contributed by atoms with Crippen molar-refractivity contribution in [3.05, 3.63) is 51.2 Å². The van der Waals surface area contributed by atoms with Crippen LogP contribution in [0, 0.1) is 11.3 Å². The lowest BCUT2D eigenvalue weighted by Gasteiger charge is -2.40. The van der Waals surface area contributed by atoms with Gasteiger partial charge in [-0.05, 0) is 23.8 Å². The predicted octanol–water partition coefficient (Wildman–Crippen LogP) is 1.42. The second kappa shape index (κ2) is 8.84. The highest BCUT2D eigenvalue weighted by molar-refractivity contribution is 9.10. The fourth-order valence-electron chi connectivity index (χ4n) is 3.19. The van der Waals surface area contributed by atoms with Crippen LogP contribution in [0.3, 0.4) is 0 Å². The highest BCUT2D eigenvalue weighted by Gasteiger charge is 2.43. The van der Waals surface area contributed by atoms with Crippen molar-refractivity contribution in [1.82, 2.24) is 4.98 Å². The largest absolute Gasteiger partial charge is 0.394 e. The predicted molar refractivity (Wildman–Crippen MR) is 105 cm³/mol. The molecule has 1 aliphatic rings. The minimum atomic E-state index is -1.46. The summed E-state index contributed by atoms with van der Waals surface area (Å²) in [5, 5.41) is 48.9. The minimum Gasteiger partial charge on any atom is -0.394 e. The highest BCUT2D eigenvalue weighted by atomic mass is 79.9. The van der Waals surface area contributed by atoms with Gasteiger partial charge in [0.25, 0.3) is 0 Å². The summed E-state index contributed by atoms with van der Waals surface area (Å²) in [6.45, 7) is -0.507. The monoisotopic (exact) mass is 468 g/mol. The number of nitrogens with zero attached hydrogens (tertiary/aromatic N) is 2. The number of ether oxygens (including phenoxy) is 1. The van der Waals surface area contributed by atoms with Crippen molar-refractivity contribution in [3.8, 4) is 17.2 Å². The Morgan fingerprint density at radius 1 is 1.11 bits per heavy atom. The van der Waals surface area contributed by atoms with Gasteiger partial charge in [-0.15, -0.1) is 0 Å². The fourth-order valence-corrected chi connectivity index (χ4v) is 3.70. The van der Waals surface area contributed by atoms with Gasteiger partial charge in [0.2, 0.25) is 0 Å². The average Bonchev–Trinajstić information content (AvgIpc) is 2.68. The molecule has 0 radical (unpaired) electrons. The molecule has 7 nitrogen and oxygen atoms in total. The van der Waals surface area contributed by atoms with E-state index in [0.29, 0.717) is 11.3 Å². The molecule has 0 unspecified atom stereocenters. The number of hydrogen-bond acceptors (Lipinski definition) is 7. The van der Waals surface area contributed by atoms with Crippen LogP contribution in [0.25, 0.3) is 11.1 Å². The van der Waals surface area contributed by atoms with E-state index < -0.39 is 37.1 Å². The number of nitriles is 1. The van der Waals surface area contributed by atoms with Gasteiger partial charge in [0.15, 0.2) is 0 Å². The van der Waals surface area contributed by atoms with E-state index in [1.165, 1.54) is 0 Å². The van der Waals surface area contributed by atoms with E-state index in [9.17, 15) is 25.7 Å². The van der Waals surface area contributed by atoms with E-state index >= 15 is 0 Å². The molecule has 0 bridgehead atoms. The number of pyridine rings is 1. The van der Waals surface area contributed by atoms with Crippen LogP contribution in [0.15, 0.2) is 34.8 Å². The SMILES string of the molecule is N#Cc1c(-c2ccc(Br)cc2)cc(C[C@@H]2O[C@H](CO)[C@@H](O)[C@H](O)[C@H]2O)nc1Cl. The molecule has 1 aliphatic heterocycles. The molecule has 1 aromatic heterocycles. The van der Waals surface area contributed by atoms with Crippen LogP contribution in [-0.4, -0.2) is 62.5 Å². The number of aromatic nitrogens is 1. The van der Waals surface area contributed by atoms with Gasteiger partial charge in [-0.1, -0.05) is 39.7 Å². The zero-order valence-electron chi connectivity index (χ0n) is 14.5. The quantitative estimate of drug-likeness (QED) is 0.499. The molecular weight excluding hydrogens is 452 g/mol. The first kappa shape index (κ1) is 21.1. The summed E-state index contributed by atoms with van der Waals surface area (Å²) in [5.41, 5.74) is 2.00. The maximum atomic E-state index is 10.2. The number of benzene rings is 1. The van der Waals surface area contributed by atoms with E-state index in [4.69, 9.17) is 16.3 Å². The summed E-state index contributed by atoms with van der Waals surface area (Å²) < 4.78 is 6.41. The number of halogens is 2. The van der Waals surface area contributed by atoms with E-state index in [-0.39, 0.29) is 17.1 Å². The Bertz CT molecular complexity index is 887. The summed E-state index contributed by atoms with van der Waals surface area (Å²) in [5.74, 6) is 0. The van der Waals surface area contributed by atoms with Crippen molar-refractivity contribution < 1.29 is 25.2 Å². The molecule has 1 aromatic carbocycles. The van der Waals surface area contributed by atoms with Gasteiger partial charge in [0, 0.05) is 22.2 Å². The molecule has 0 amide bonds. The van der Waals surface area contributed by atoms with Crippen molar-refractivity contribution >= 4 is 27.5 Å². The number of aliphatic hydroxyl groups excluding tert-OH is 4. The van der Waals surface area contributed by atoms with E-state index in [0.717, 1.165) is 10.0 Å². The summed E-state index contributed by atoms with van der Waals surface area (Å²) in [6.07, 6.45) is -6.10. The first-order valence-corrected chi connectivity index (χ1v) is 9.68. The van der Waals surface area contributed by atoms with Crippen LogP contribution in [0.5, 0.6) is 0 Å². The first-order chi connectivity index (χ1) is 13.3. The van der Waals surface area contributed by atoms with Crippen molar-refractivity contribution in [1.29, 1.82) is 5.26 Å². The van der Waals surface area contributed by atoms with Gasteiger partial charge in [0.1, 0.15) is 35.6 Å². The molecule has 3 rings (SSSR count). The first-order valence-electron chi connectivity index (χ1n) is 8.51. The summed E-state index contributed by atoms with van der Waals surface area (Å²) in [7, 11) is 0. The molecule has 0 aliphatic carbocycles. The van der Waals surface area contributed by atoms with Crippen LogP contribution in [0.2, 0.25) is 5.15 Å². The summed E-state index contributed by atoms with van der Waals surface area (Å²) >= 11 is 9.57. The second-order valence-corrected chi connectivity index (χ2v) is 7.79. The van der Waals surface area contributed by atoms with Crippen LogP contribution in [-0.2, 0) is 11.2 Å².